The van der Waals surface area contributed by atoms with Crippen molar-refractivity contribution in [2.75, 3.05) is 10.2 Å². The lowest BCUT2D eigenvalue weighted by Gasteiger charge is -2.29. The highest BCUT2D eigenvalue weighted by molar-refractivity contribution is 8.00. The molecule has 0 aliphatic carbocycles. The normalized spacial score (nSPS) is 20.2. The number of nitrogens with one attached hydrogen (secondary N) is 1. The number of fused-ring (bicyclic) bond motifs is 2. The Morgan fingerprint density at radius 1 is 0.976 bits per heavy atom. The average molecular weight is 620 g/mol. The van der Waals surface area contributed by atoms with Gasteiger partial charge in [-0.2, -0.15) is 13.2 Å². The van der Waals surface area contributed by atoms with E-state index in [4.69, 9.17) is 0 Å². The fourth-order valence-electron chi connectivity index (χ4n) is 4.98. The smallest absolute Gasteiger partial charge is 0.325 e. The molecule has 7 nitrogen and oxygen atoms in total. The molecule has 0 saturated carbocycles. The van der Waals surface area contributed by atoms with Crippen LogP contribution in [0.4, 0.5) is 28.9 Å². The highest BCUT2D eigenvalue weighted by atomic mass is 32.2. The molecule has 0 bridgehead atoms. The van der Waals surface area contributed by atoms with Crippen molar-refractivity contribution in [2.45, 2.75) is 28.9 Å². The summed E-state index contributed by atoms with van der Waals surface area (Å²) in [6.45, 7) is -0.400. The van der Waals surface area contributed by atoms with Crippen molar-refractivity contribution in [3.05, 3.63) is 96.8 Å². The molecular weight excluding hydrogens is 603 g/mol. The molecular formula is C27H17F4N3O4S3. The van der Waals surface area contributed by atoms with E-state index >= 15 is 0 Å². The SMILES string of the molecule is O=C(Cn1c2c(sc1=O)[C@@H](c1cccs1)[C@@H]1C(=O)N(c3cccc(C(F)(F)F)c3)C(=O)[C@@H]1S2)Nc1ccc(F)cc1. The van der Waals surface area contributed by atoms with E-state index < -0.39 is 63.8 Å². The number of aromatic nitrogens is 1. The number of carbonyl (C=O) groups excluding carboxylic acids is 3. The van der Waals surface area contributed by atoms with Gasteiger partial charge in [-0.25, -0.2) is 9.29 Å². The summed E-state index contributed by atoms with van der Waals surface area (Å²) < 4.78 is 54.7. The molecule has 41 heavy (non-hydrogen) atoms. The molecule has 2 aliphatic heterocycles. The number of rotatable bonds is 5. The number of carbonyl (C=O) groups is 3. The highest BCUT2D eigenvalue weighted by Crippen LogP contribution is 2.54. The standard InChI is InChI=1S/C27H17F4N3O4S3/c28-14-6-8-15(9-7-14)32-18(35)12-33-25-22(41-26(33)38)19(17-5-2-10-39-17)20-21(40-25)24(37)34(23(20)36)16-4-1-3-13(11-16)27(29,30)31/h1-11,19-21H,12H2,(H,32,35)/t19-,20-,21+/m0/s1. The second kappa shape index (κ2) is 10.3. The fourth-order valence-corrected chi connectivity index (χ4v) is 8.70. The minimum atomic E-state index is -4.67. The van der Waals surface area contributed by atoms with Gasteiger partial charge in [-0.3, -0.25) is 23.7 Å². The summed E-state index contributed by atoms with van der Waals surface area (Å²) in [5, 5.41) is 3.70. The Balaban J connectivity index is 1.38. The van der Waals surface area contributed by atoms with Gasteiger partial charge in [-0.15, -0.1) is 11.3 Å². The first-order chi connectivity index (χ1) is 19.5. The summed E-state index contributed by atoms with van der Waals surface area (Å²) in [5.74, 6) is -4.06. The van der Waals surface area contributed by atoms with Crippen molar-refractivity contribution in [3.8, 4) is 0 Å². The summed E-state index contributed by atoms with van der Waals surface area (Å²) in [4.78, 5) is 54.9. The second-order valence-electron chi connectivity index (χ2n) is 9.30. The molecule has 0 radical (unpaired) electrons. The van der Waals surface area contributed by atoms with Crippen LogP contribution in [0.2, 0.25) is 0 Å². The van der Waals surface area contributed by atoms with Crippen molar-refractivity contribution < 1.29 is 31.9 Å². The van der Waals surface area contributed by atoms with E-state index in [0.717, 1.165) is 46.2 Å². The summed E-state index contributed by atoms with van der Waals surface area (Å²) >= 11 is 3.15. The number of nitrogens with zero attached hydrogens (tertiary/aromatic N) is 2. The zero-order valence-corrected chi connectivity index (χ0v) is 23.0. The largest absolute Gasteiger partial charge is 0.416 e. The van der Waals surface area contributed by atoms with Gasteiger partial charge in [0.2, 0.25) is 17.7 Å². The van der Waals surface area contributed by atoms with E-state index in [0.29, 0.717) is 20.5 Å². The molecule has 210 valence electrons. The van der Waals surface area contributed by atoms with Gasteiger partial charge in [-0.05, 0) is 53.9 Å². The summed E-state index contributed by atoms with van der Waals surface area (Å²) in [6.07, 6.45) is -4.67. The quantitative estimate of drug-likeness (QED) is 0.233. The zero-order chi connectivity index (χ0) is 29.1. The van der Waals surface area contributed by atoms with Crippen LogP contribution in [0.3, 0.4) is 0 Å². The van der Waals surface area contributed by atoms with Crippen LogP contribution in [0, 0.1) is 11.7 Å². The van der Waals surface area contributed by atoms with E-state index in [9.17, 15) is 36.7 Å². The Hall–Kier alpha value is -3.75. The van der Waals surface area contributed by atoms with E-state index in [2.05, 4.69) is 5.32 Å². The summed E-state index contributed by atoms with van der Waals surface area (Å²) in [5.41, 5.74) is -0.853. The molecule has 14 heteroatoms. The minimum absolute atomic E-state index is 0.186. The molecule has 2 aliphatic rings. The summed E-state index contributed by atoms with van der Waals surface area (Å²) in [7, 11) is 0. The van der Waals surface area contributed by atoms with Crippen LogP contribution in [0.15, 0.2) is 75.9 Å². The maximum atomic E-state index is 13.8. The van der Waals surface area contributed by atoms with Crippen LogP contribution in [0.1, 0.15) is 21.2 Å². The van der Waals surface area contributed by atoms with Gasteiger partial charge < -0.3 is 5.32 Å². The Kier molecular flexibility index (Phi) is 6.86. The number of amides is 3. The number of anilines is 2. The molecule has 6 rings (SSSR count). The molecule has 1 N–H and O–H groups in total. The van der Waals surface area contributed by atoms with Crippen LogP contribution in [0.25, 0.3) is 0 Å². The fraction of sp³-hybridized carbons (Fsp3) is 0.185. The van der Waals surface area contributed by atoms with Gasteiger partial charge in [0, 0.05) is 21.4 Å². The molecule has 2 aromatic carbocycles. The number of hydrogen-bond acceptors (Lipinski definition) is 7. The average Bonchev–Trinajstić information content (AvgIpc) is 3.62. The van der Waals surface area contributed by atoms with E-state index in [1.54, 1.807) is 17.5 Å². The number of hydrogen-bond donors (Lipinski definition) is 1. The third kappa shape index (κ3) is 4.89. The number of thiazole rings is 1. The van der Waals surface area contributed by atoms with Gasteiger partial charge in [-0.1, -0.05) is 35.2 Å². The topological polar surface area (TPSA) is 88.5 Å². The number of benzene rings is 2. The number of halogens is 4. The van der Waals surface area contributed by atoms with Crippen molar-refractivity contribution in [2.24, 2.45) is 5.92 Å². The first-order valence-electron chi connectivity index (χ1n) is 12.1. The molecule has 0 unspecified atom stereocenters. The lowest BCUT2D eigenvalue weighted by molar-refractivity contribution is -0.137. The number of alkyl halides is 3. The number of imide groups is 1. The molecule has 1 saturated heterocycles. The molecule has 0 spiro atoms. The Morgan fingerprint density at radius 2 is 1.73 bits per heavy atom. The Morgan fingerprint density at radius 3 is 2.41 bits per heavy atom. The van der Waals surface area contributed by atoms with E-state index in [-0.39, 0.29) is 5.69 Å². The van der Waals surface area contributed by atoms with Gasteiger partial charge >= 0.3 is 11.0 Å². The zero-order valence-electron chi connectivity index (χ0n) is 20.6. The number of thiophene rings is 1. The molecule has 4 heterocycles. The van der Waals surface area contributed by atoms with Gasteiger partial charge in [0.15, 0.2) is 0 Å². The van der Waals surface area contributed by atoms with Crippen LogP contribution in [-0.4, -0.2) is 27.5 Å². The maximum Gasteiger partial charge on any atom is 0.416 e. The van der Waals surface area contributed by atoms with Crippen molar-refractivity contribution in [1.82, 2.24) is 4.57 Å². The van der Waals surface area contributed by atoms with Gasteiger partial charge in [0.1, 0.15) is 17.6 Å². The highest BCUT2D eigenvalue weighted by Gasteiger charge is 2.57. The molecule has 4 aromatic rings. The minimum Gasteiger partial charge on any atom is -0.325 e. The predicted octanol–water partition coefficient (Wildman–Crippen LogP) is 5.56. The molecule has 3 amide bonds. The van der Waals surface area contributed by atoms with Crippen molar-refractivity contribution in [1.29, 1.82) is 0 Å². The number of thioether (sulfide) groups is 1. The van der Waals surface area contributed by atoms with E-state index in [1.807, 2.05) is 0 Å². The van der Waals surface area contributed by atoms with Crippen LogP contribution in [-0.2, 0) is 27.1 Å². The Bertz CT molecular complexity index is 1730. The lowest BCUT2D eigenvalue weighted by atomic mass is 9.87. The Labute approximate surface area is 241 Å². The van der Waals surface area contributed by atoms with Crippen molar-refractivity contribution in [3.63, 3.8) is 0 Å². The molecule has 2 aromatic heterocycles. The predicted molar refractivity (Wildman–Crippen MR) is 147 cm³/mol. The van der Waals surface area contributed by atoms with E-state index in [1.165, 1.54) is 46.2 Å². The van der Waals surface area contributed by atoms with Crippen molar-refractivity contribution >= 4 is 63.5 Å². The molecule has 1 fully saturated rings. The van der Waals surface area contributed by atoms with Gasteiger partial charge in [0.05, 0.1) is 22.2 Å². The lowest BCUT2D eigenvalue weighted by Crippen LogP contribution is -2.32. The maximum absolute atomic E-state index is 13.8. The molecule has 3 atom stereocenters. The van der Waals surface area contributed by atoms with Gasteiger partial charge in [0.25, 0.3) is 0 Å². The third-order valence-corrected chi connectivity index (χ3v) is 10.3. The van der Waals surface area contributed by atoms with Crippen LogP contribution >= 0.6 is 34.4 Å². The second-order valence-corrected chi connectivity index (χ2v) is 12.4. The monoisotopic (exact) mass is 619 g/mol. The first-order valence-corrected chi connectivity index (χ1v) is 14.6. The van der Waals surface area contributed by atoms with Crippen LogP contribution < -0.4 is 15.1 Å². The summed E-state index contributed by atoms with van der Waals surface area (Å²) in [6, 6.07) is 12.7. The van der Waals surface area contributed by atoms with Crippen LogP contribution in [0.5, 0.6) is 0 Å². The first kappa shape index (κ1) is 27.4. The third-order valence-electron chi connectivity index (χ3n) is 6.76.